The zero-order valence-corrected chi connectivity index (χ0v) is 14.8. The Labute approximate surface area is 146 Å². The van der Waals surface area contributed by atoms with E-state index >= 15 is 0 Å². The number of carbonyl (C=O) groups excluding carboxylic acids is 1. The molecule has 2 aromatic rings. The van der Waals surface area contributed by atoms with Gasteiger partial charge >= 0.3 is 0 Å². The highest BCUT2D eigenvalue weighted by Crippen LogP contribution is 2.26. The van der Waals surface area contributed by atoms with Crippen molar-refractivity contribution in [3.05, 3.63) is 23.6 Å². The van der Waals surface area contributed by atoms with Crippen LogP contribution in [0.5, 0.6) is 0 Å². The Morgan fingerprint density at radius 2 is 2.32 bits per heavy atom. The lowest BCUT2D eigenvalue weighted by Crippen LogP contribution is -2.39. The first-order chi connectivity index (χ1) is 12.1. The van der Waals surface area contributed by atoms with E-state index in [0.29, 0.717) is 43.7 Å². The molecule has 0 spiro atoms. The summed E-state index contributed by atoms with van der Waals surface area (Å²) in [6.07, 6.45) is 4.28. The summed E-state index contributed by atoms with van der Waals surface area (Å²) in [4.78, 5) is 19.0. The third-order valence-electron chi connectivity index (χ3n) is 4.25. The maximum Gasteiger partial charge on any atom is 0.276 e. The van der Waals surface area contributed by atoms with Gasteiger partial charge in [0.15, 0.2) is 11.5 Å². The molecule has 25 heavy (non-hydrogen) atoms. The van der Waals surface area contributed by atoms with Crippen LogP contribution in [0.1, 0.15) is 54.8 Å². The molecule has 2 aromatic heterocycles. The van der Waals surface area contributed by atoms with E-state index in [1.807, 2.05) is 0 Å². The summed E-state index contributed by atoms with van der Waals surface area (Å²) in [6, 6.07) is 0. The van der Waals surface area contributed by atoms with Gasteiger partial charge in [-0.15, -0.1) is 5.10 Å². The summed E-state index contributed by atoms with van der Waals surface area (Å²) in [6.45, 7) is 6.50. The molecule has 0 aliphatic carbocycles. The van der Waals surface area contributed by atoms with Gasteiger partial charge in [-0.2, -0.15) is 4.98 Å². The first-order valence-corrected chi connectivity index (χ1v) is 8.78. The van der Waals surface area contributed by atoms with Crippen molar-refractivity contribution >= 4 is 5.91 Å². The normalized spacial score (nSPS) is 18.1. The molecule has 1 amide bonds. The second-order valence-corrected chi connectivity index (χ2v) is 6.89. The molecule has 2 N–H and O–H groups in total. The van der Waals surface area contributed by atoms with Gasteiger partial charge < -0.3 is 15.2 Å². The monoisotopic (exact) mass is 347 g/mol. The van der Waals surface area contributed by atoms with Crippen molar-refractivity contribution in [3.63, 3.8) is 0 Å². The summed E-state index contributed by atoms with van der Waals surface area (Å²) >= 11 is 0. The Hall–Kier alpha value is -2.29. The molecule has 1 saturated heterocycles. The molecule has 1 aliphatic heterocycles. The van der Waals surface area contributed by atoms with Crippen LogP contribution in [0.2, 0.25) is 0 Å². The molecule has 1 atom stereocenters. The molecule has 1 fully saturated rings. The highest BCUT2D eigenvalue weighted by Gasteiger charge is 2.30. The maximum atomic E-state index is 12.7. The van der Waals surface area contributed by atoms with Crippen LogP contribution in [0.15, 0.2) is 10.7 Å². The highest BCUT2D eigenvalue weighted by molar-refractivity contribution is 5.92. The summed E-state index contributed by atoms with van der Waals surface area (Å²) < 4.78 is 7.02. The summed E-state index contributed by atoms with van der Waals surface area (Å²) in [5.41, 5.74) is 5.84. The van der Waals surface area contributed by atoms with Crippen LogP contribution in [0, 0.1) is 5.92 Å². The Kier molecular flexibility index (Phi) is 5.42. The van der Waals surface area contributed by atoms with E-state index in [4.69, 9.17) is 10.3 Å². The molecule has 0 aromatic carbocycles. The minimum atomic E-state index is -0.116. The second kappa shape index (κ2) is 7.73. The van der Waals surface area contributed by atoms with Gasteiger partial charge in [0.05, 0.1) is 18.7 Å². The lowest BCUT2D eigenvalue weighted by molar-refractivity contribution is 0.0689. The Bertz CT molecular complexity index is 709. The average Bonchev–Trinajstić information content (AvgIpc) is 3.24. The number of piperidine rings is 1. The van der Waals surface area contributed by atoms with Crippen molar-refractivity contribution in [1.29, 1.82) is 0 Å². The number of rotatable bonds is 6. The predicted molar refractivity (Wildman–Crippen MR) is 89.8 cm³/mol. The zero-order valence-electron chi connectivity index (χ0n) is 14.8. The van der Waals surface area contributed by atoms with Gasteiger partial charge in [0.1, 0.15) is 0 Å². The zero-order chi connectivity index (χ0) is 17.8. The smallest absolute Gasteiger partial charge is 0.276 e. The first kappa shape index (κ1) is 17.5. The third-order valence-corrected chi connectivity index (χ3v) is 4.25. The summed E-state index contributed by atoms with van der Waals surface area (Å²) in [7, 11) is 0. The predicted octanol–water partition coefficient (Wildman–Crippen LogP) is 0.838. The lowest BCUT2D eigenvalue weighted by Gasteiger charge is -2.30. The molecule has 1 aliphatic rings. The van der Waals surface area contributed by atoms with Crippen molar-refractivity contribution in [1.82, 2.24) is 30.0 Å². The lowest BCUT2D eigenvalue weighted by atomic mass is 9.97. The molecule has 0 unspecified atom stereocenters. The number of likely N-dealkylation sites (tertiary alicyclic amines) is 1. The number of carbonyl (C=O) groups is 1. The number of hydrogen-bond acceptors (Lipinski definition) is 7. The van der Waals surface area contributed by atoms with E-state index in [9.17, 15) is 4.79 Å². The molecule has 9 heteroatoms. The fraction of sp³-hybridized carbons (Fsp3) is 0.688. The highest BCUT2D eigenvalue weighted by atomic mass is 16.5. The molecule has 0 saturated carbocycles. The van der Waals surface area contributed by atoms with Gasteiger partial charge in [-0.25, -0.2) is 0 Å². The molecule has 0 radical (unpaired) electrons. The SMILES string of the molecule is CC(C)Cc1noc([C@H]2CCCN(C(=O)c3cn(CCN)nn3)C2)n1. The van der Waals surface area contributed by atoms with E-state index in [2.05, 4.69) is 34.3 Å². The summed E-state index contributed by atoms with van der Waals surface area (Å²) in [5, 5.41) is 11.9. The van der Waals surface area contributed by atoms with Crippen molar-refractivity contribution in [2.45, 2.75) is 45.6 Å². The molecule has 0 bridgehead atoms. The van der Waals surface area contributed by atoms with E-state index in [-0.39, 0.29) is 11.8 Å². The van der Waals surface area contributed by atoms with Crippen molar-refractivity contribution in [3.8, 4) is 0 Å². The second-order valence-electron chi connectivity index (χ2n) is 6.89. The van der Waals surface area contributed by atoms with Crippen LogP contribution in [-0.2, 0) is 13.0 Å². The number of aromatic nitrogens is 5. The van der Waals surface area contributed by atoms with Crippen molar-refractivity contribution in [2.75, 3.05) is 19.6 Å². The summed E-state index contributed by atoms with van der Waals surface area (Å²) in [5.74, 6) is 1.80. The van der Waals surface area contributed by atoms with Gasteiger partial charge in [-0.3, -0.25) is 9.48 Å². The Morgan fingerprint density at radius 1 is 1.48 bits per heavy atom. The quantitative estimate of drug-likeness (QED) is 0.823. The molecule has 3 rings (SSSR count). The van der Waals surface area contributed by atoms with E-state index < -0.39 is 0 Å². The van der Waals surface area contributed by atoms with Crippen LogP contribution in [0.3, 0.4) is 0 Å². The molecule has 9 nitrogen and oxygen atoms in total. The third kappa shape index (κ3) is 4.22. The van der Waals surface area contributed by atoms with Gasteiger partial charge in [-0.05, 0) is 18.8 Å². The van der Waals surface area contributed by atoms with E-state index in [1.54, 1.807) is 15.8 Å². The van der Waals surface area contributed by atoms with Crippen LogP contribution >= 0.6 is 0 Å². The van der Waals surface area contributed by atoms with Gasteiger partial charge in [0.25, 0.3) is 5.91 Å². The van der Waals surface area contributed by atoms with Crippen LogP contribution in [0.25, 0.3) is 0 Å². The first-order valence-electron chi connectivity index (χ1n) is 8.78. The molecule has 136 valence electrons. The average molecular weight is 347 g/mol. The van der Waals surface area contributed by atoms with Crippen molar-refractivity contribution < 1.29 is 9.32 Å². The van der Waals surface area contributed by atoms with Crippen LogP contribution < -0.4 is 5.73 Å². The number of nitrogens with zero attached hydrogens (tertiary/aromatic N) is 6. The van der Waals surface area contributed by atoms with Gasteiger partial charge in [0.2, 0.25) is 5.89 Å². The minimum Gasteiger partial charge on any atom is -0.339 e. The van der Waals surface area contributed by atoms with Crippen molar-refractivity contribution in [2.24, 2.45) is 11.7 Å². The van der Waals surface area contributed by atoms with Gasteiger partial charge in [0, 0.05) is 26.1 Å². The van der Waals surface area contributed by atoms with Gasteiger partial charge in [-0.1, -0.05) is 24.2 Å². The fourth-order valence-corrected chi connectivity index (χ4v) is 3.04. The Balaban J connectivity index is 1.65. The minimum absolute atomic E-state index is 0.0743. The van der Waals surface area contributed by atoms with Crippen LogP contribution in [-0.4, -0.2) is 55.6 Å². The van der Waals surface area contributed by atoms with E-state index in [0.717, 1.165) is 25.1 Å². The number of nitrogens with two attached hydrogens (primary N) is 1. The maximum absolute atomic E-state index is 12.7. The topological polar surface area (TPSA) is 116 Å². The number of amides is 1. The standard InChI is InChI=1S/C16H25N7O2/c1-11(2)8-14-18-15(25-20-14)12-4-3-6-22(9-12)16(24)13-10-23(7-5-17)21-19-13/h10-12H,3-9,17H2,1-2H3/t12-/m0/s1. The molecular formula is C16H25N7O2. The molecule has 3 heterocycles. The fourth-order valence-electron chi connectivity index (χ4n) is 3.04. The number of hydrogen-bond donors (Lipinski definition) is 1. The van der Waals surface area contributed by atoms with Crippen LogP contribution in [0.4, 0.5) is 0 Å². The van der Waals surface area contributed by atoms with E-state index in [1.165, 1.54) is 0 Å². The Morgan fingerprint density at radius 3 is 3.08 bits per heavy atom. The molecular weight excluding hydrogens is 322 g/mol. The largest absolute Gasteiger partial charge is 0.339 e.